The Balaban J connectivity index is 2.08. The summed E-state index contributed by atoms with van der Waals surface area (Å²) in [6.45, 7) is 6.38. The second-order valence-corrected chi connectivity index (χ2v) is 4.88. The van der Waals surface area contributed by atoms with Gasteiger partial charge in [0.05, 0.1) is 0 Å². The van der Waals surface area contributed by atoms with E-state index in [1.165, 1.54) is 11.3 Å². The zero-order valence-electron chi connectivity index (χ0n) is 12.6. The van der Waals surface area contributed by atoms with E-state index in [0.29, 0.717) is 5.56 Å². The average molecular weight is 279 g/mol. The molecule has 0 heterocycles. The number of nitrogens with zero attached hydrogens (tertiary/aromatic N) is 1. The van der Waals surface area contributed by atoms with Crippen LogP contribution in [0.1, 0.15) is 35.3 Å². The molecule has 0 aliphatic heterocycles. The first kappa shape index (κ1) is 15.0. The Morgan fingerprint density at radius 3 is 1.62 bits per heavy atom. The van der Waals surface area contributed by atoms with E-state index in [0.717, 1.165) is 24.9 Å². The number of anilines is 1. The zero-order valence-corrected chi connectivity index (χ0v) is 12.6. The van der Waals surface area contributed by atoms with Gasteiger partial charge in [0, 0.05) is 24.3 Å². The van der Waals surface area contributed by atoms with Gasteiger partial charge in [0.15, 0.2) is 0 Å². The molecule has 0 amide bonds. The van der Waals surface area contributed by atoms with Crippen molar-refractivity contribution in [1.82, 2.24) is 0 Å². The van der Waals surface area contributed by atoms with Crippen LogP contribution in [0.5, 0.6) is 0 Å². The maximum atomic E-state index is 10.6. The molecule has 2 nitrogen and oxygen atoms in total. The number of aldehydes is 1. The van der Waals surface area contributed by atoms with Gasteiger partial charge in [-0.25, -0.2) is 0 Å². The van der Waals surface area contributed by atoms with Crippen LogP contribution in [0.4, 0.5) is 5.69 Å². The molecule has 0 aliphatic carbocycles. The Kier molecular flexibility index (Phi) is 5.33. The van der Waals surface area contributed by atoms with Crippen molar-refractivity contribution in [1.29, 1.82) is 0 Å². The van der Waals surface area contributed by atoms with Gasteiger partial charge in [0.2, 0.25) is 0 Å². The van der Waals surface area contributed by atoms with E-state index in [1.807, 2.05) is 24.3 Å². The minimum atomic E-state index is 0.704. The topological polar surface area (TPSA) is 20.3 Å². The highest BCUT2D eigenvalue weighted by Crippen LogP contribution is 2.16. The van der Waals surface area contributed by atoms with Crippen molar-refractivity contribution in [3.8, 4) is 0 Å². The summed E-state index contributed by atoms with van der Waals surface area (Å²) < 4.78 is 0. The minimum Gasteiger partial charge on any atom is -0.372 e. The lowest BCUT2D eigenvalue weighted by molar-refractivity contribution is 0.112. The summed E-state index contributed by atoms with van der Waals surface area (Å²) in [5.41, 5.74) is 4.22. The Bertz CT molecular complexity index is 592. The third-order valence-electron chi connectivity index (χ3n) is 3.56. The fraction of sp³-hybridized carbons (Fsp3) is 0.211. The minimum absolute atomic E-state index is 0.704. The summed E-state index contributed by atoms with van der Waals surface area (Å²) in [7, 11) is 0. The van der Waals surface area contributed by atoms with Crippen molar-refractivity contribution in [2.24, 2.45) is 0 Å². The van der Waals surface area contributed by atoms with Crippen LogP contribution >= 0.6 is 0 Å². The van der Waals surface area contributed by atoms with Gasteiger partial charge in [0.25, 0.3) is 0 Å². The predicted octanol–water partition coefficient (Wildman–Crippen LogP) is 4.52. The molecule has 0 aromatic heterocycles. The first-order chi connectivity index (χ1) is 10.3. The average Bonchev–Trinajstić information content (AvgIpc) is 2.55. The summed E-state index contributed by atoms with van der Waals surface area (Å²) in [4.78, 5) is 12.9. The molecule has 0 spiro atoms. The molecule has 0 aliphatic rings. The summed E-state index contributed by atoms with van der Waals surface area (Å²) >= 11 is 0. The van der Waals surface area contributed by atoms with Crippen LogP contribution in [0.2, 0.25) is 0 Å². The highest BCUT2D eigenvalue weighted by molar-refractivity contribution is 5.76. The number of benzene rings is 2. The predicted molar refractivity (Wildman–Crippen MR) is 90.8 cm³/mol. The van der Waals surface area contributed by atoms with Gasteiger partial charge in [0.1, 0.15) is 6.29 Å². The molecule has 0 N–H and O–H groups in total. The quantitative estimate of drug-likeness (QED) is 0.572. The van der Waals surface area contributed by atoms with E-state index in [1.54, 1.807) is 0 Å². The SMILES string of the molecule is CCN(CC)c1ccc(/C=C/c2ccc(C=O)cc2)cc1. The number of carbonyl (C=O) groups is 1. The molecular formula is C19H21NO. The molecule has 0 fully saturated rings. The van der Waals surface area contributed by atoms with Crippen LogP contribution in [-0.2, 0) is 0 Å². The lowest BCUT2D eigenvalue weighted by Gasteiger charge is -2.20. The summed E-state index contributed by atoms with van der Waals surface area (Å²) in [5, 5.41) is 0. The van der Waals surface area contributed by atoms with Crippen LogP contribution in [0.3, 0.4) is 0 Å². The van der Waals surface area contributed by atoms with Crippen molar-refractivity contribution in [3.05, 3.63) is 65.2 Å². The zero-order chi connectivity index (χ0) is 15.1. The molecule has 108 valence electrons. The van der Waals surface area contributed by atoms with Gasteiger partial charge in [-0.15, -0.1) is 0 Å². The number of carbonyl (C=O) groups excluding carboxylic acids is 1. The first-order valence-corrected chi connectivity index (χ1v) is 7.35. The molecule has 0 radical (unpaired) electrons. The largest absolute Gasteiger partial charge is 0.372 e. The van der Waals surface area contributed by atoms with Crippen molar-refractivity contribution in [3.63, 3.8) is 0 Å². The lowest BCUT2D eigenvalue weighted by atomic mass is 10.1. The summed E-state index contributed by atoms with van der Waals surface area (Å²) in [5.74, 6) is 0. The molecule has 0 saturated carbocycles. The van der Waals surface area contributed by atoms with Crippen LogP contribution in [-0.4, -0.2) is 19.4 Å². The van der Waals surface area contributed by atoms with E-state index in [4.69, 9.17) is 0 Å². The number of hydrogen-bond acceptors (Lipinski definition) is 2. The third-order valence-corrected chi connectivity index (χ3v) is 3.56. The second-order valence-electron chi connectivity index (χ2n) is 4.88. The molecule has 2 rings (SSSR count). The monoisotopic (exact) mass is 279 g/mol. The van der Waals surface area contributed by atoms with Crippen molar-refractivity contribution < 1.29 is 4.79 Å². The molecule has 0 atom stereocenters. The second kappa shape index (κ2) is 7.44. The number of hydrogen-bond donors (Lipinski definition) is 0. The van der Waals surface area contributed by atoms with Gasteiger partial charge in [-0.2, -0.15) is 0 Å². The van der Waals surface area contributed by atoms with Gasteiger partial charge in [-0.1, -0.05) is 48.6 Å². The van der Waals surface area contributed by atoms with Gasteiger partial charge < -0.3 is 4.90 Å². The van der Waals surface area contributed by atoms with E-state index >= 15 is 0 Å². The van der Waals surface area contributed by atoms with Crippen molar-refractivity contribution in [2.45, 2.75) is 13.8 Å². The van der Waals surface area contributed by atoms with Gasteiger partial charge in [-0.3, -0.25) is 4.79 Å². The maximum absolute atomic E-state index is 10.6. The Hall–Kier alpha value is -2.35. The molecule has 2 heteroatoms. The fourth-order valence-corrected chi connectivity index (χ4v) is 2.26. The van der Waals surface area contributed by atoms with E-state index in [-0.39, 0.29) is 0 Å². The molecular weight excluding hydrogens is 258 g/mol. The summed E-state index contributed by atoms with van der Waals surface area (Å²) in [6.07, 6.45) is 5.00. The standard InChI is InChI=1S/C19H21NO/c1-3-20(4-2)19-13-11-17(12-14-19)6-5-16-7-9-18(15-21)10-8-16/h5-15H,3-4H2,1-2H3/b6-5+. The van der Waals surface area contributed by atoms with E-state index in [2.05, 4.69) is 55.2 Å². The molecule has 21 heavy (non-hydrogen) atoms. The third kappa shape index (κ3) is 4.06. The number of rotatable bonds is 6. The maximum Gasteiger partial charge on any atom is 0.150 e. The van der Waals surface area contributed by atoms with Crippen LogP contribution in [0.25, 0.3) is 12.2 Å². The molecule has 0 bridgehead atoms. The fourth-order valence-electron chi connectivity index (χ4n) is 2.26. The van der Waals surface area contributed by atoms with Crippen LogP contribution in [0.15, 0.2) is 48.5 Å². The van der Waals surface area contributed by atoms with Crippen molar-refractivity contribution >= 4 is 24.1 Å². The molecule has 0 saturated heterocycles. The molecule has 0 unspecified atom stereocenters. The normalized spacial score (nSPS) is 10.8. The Labute approximate surface area is 126 Å². The Morgan fingerprint density at radius 2 is 1.19 bits per heavy atom. The Morgan fingerprint density at radius 1 is 0.762 bits per heavy atom. The van der Waals surface area contributed by atoms with Crippen LogP contribution in [0, 0.1) is 0 Å². The lowest BCUT2D eigenvalue weighted by Crippen LogP contribution is -2.21. The van der Waals surface area contributed by atoms with Gasteiger partial charge >= 0.3 is 0 Å². The highest BCUT2D eigenvalue weighted by Gasteiger charge is 2.00. The van der Waals surface area contributed by atoms with Crippen molar-refractivity contribution in [2.75, 3.05) is 18.0 Å². The van der Waals surface area contributed by atoms with Crippen LogP contribution < -0.4 is 4.90 Å². The van der Waals surface area contributed by atoms with Gasteiger partial charge in [-0.05, 0) is 37.1 Å². The summed E-state index contributed by atoms with van der Waals surface area (Å²) in [6, 6.07) is 16.1. The van der Waals surface area contributed by atoms with E-state index < -0.39 is 0 Å². The first-order valence-electron chi connectivity index (χ1n) is 7.35. The smallest absolute Gasteiger partial charge is 0.150 e. The molecule has 2 aromatic carbocycles. The molecule has 2 aromatic rings. The van der Waals surface area contributed by atoms with E-state index in [9.17, 15) is 4.79 Å². The highest BCUT2D eigenvalue weighted by atomic mass is 16.1.